The van der Waals surface area contributed by atoms with Crippen LogP contribution in [0.4, 0.5) is 5.95 Å². The van der Waals surface area contributed by atoms with Crippen molar-refractivity contribution in [2.75, 3.05) is 18.9 Å². The molecule has 2 aromatic rings. The number of aromatic nitrogens is 2. The number of nitrogens with one attached hydrogen (secondary N) is 1. The third-order valence-electron chi connectivity index (χ3n) is 3.68. The second kappa shape index (κ2) is 5.36. The Morgan fingerprint density at radius 3 is 2.68 bits per heavy atom. The summed E-state index contributed by atoms with van der Waals surface area (Å²) >= 11 is 0. The van der Waals surface area contributed by atoms with Gasteiger partial charge in [0.2, 0.25) is 5.95 Å². The Hall–Kier alpha value is -1.94. The van der Waals surface area contributed by atoms with E-state index in [1.54, 1.807) is 12.4 Å². The highest BCUT2D eigenvalue weighted by Gasteiger charge is 2.22. The fourth-order valence-corrected chi connectivity index (χ4v) is 2.55. The molecule has 0 aliphatic carbocycles. The smallest absolute Gasteiger partial charge is 0.222 e. The molecule has 1 aliphatic heterocycles. The highest BCUT2D eigenvalue weighted by atomic mass is 15.2. The summed E-state index contributed by atoms with van der Waals surface area (Å²) in [5.41, 5.74) is 2.90. The predicted octanol–water partition coefficient (Wildman–Crippen LogP) is 1.95. The molecule has 4 nitrogen and oxygen atoms in total. The van der Waals surface area contributed by atoms with Gasteiger partial charge in [-0.3, -0.25) is 4.90 Å². The summed E-state index contributed by atoms with van der Waals surface area (Å²) in [5.74, 6) is 0.703. The molecule has 1 N–H and O–H groups in total. The van der Waals surface area contributed by atoms with Gasteiger partial charge in [-0.25, -0.2) is 9.97 Å². The summed E-state index contributed by atoms with van der Waals surface area (Å²) in [6, 6.07) is 11.0. The van der Waals surface area contributed by atoms with Crippen LogP contribution in [0.15, 0.2) is 42.7 Å². The minimum Gasteiger partial charge on any atom is -0.353 e. The van der Waals surface area contributed by atoms with E-state index in [1.165, 1.54) is 11.1 Å². The molecule has 0 amide bonds. The van der Waals surface area contributed by atoms with Gasteiger partial charge in [-0.05, 0) is 30.7 Å². The first-order chi connectivity index (χ1) is 9.33. The van der Waals surface area contributed by atoms with Gasteiger partial charge in [0.05, 0.1) is 0 Å². The highest BCUT2D eigenvalue weighted by Crippen LogP contribution is 2.21. The van der Waals surface area contributed by atoms with Gasteiger partial charge in [-0.15, -0.1) is 0 Å². The van der Waals surface area contributed by atoms with Gasteiger partial charge in [0.15, 0.2) is 0 Å². The van der Waals surface area contributed by atoms with Gasteiger partial charge in [0.1, 0.15) is 0 Å². The van der Waals surface area contributed by atoms with E-state index in [-0.39, 0.29) is 0 Å². The fourth-order valence-electron chi connectivity index (χ4n) is 2.55. The van der Waals surface area contributed by atoms with Crippen LogP contribution < -0.4 is 5.32 Å². The van der Waals surface area contributed by atoms with E-state index in [9.17, 15) is 0 Å². The molecule has 4 heteroatoms. The predicted molar refractivity (Wildman–Crippen MR) is 75.9 cm³/mol. The van der Waals surface area contributed by atoms with Gasteiger partial charge in [0.25, 0.3) is 0 Å². The Bertz CT molecular complexity index is 541. The lowest BCUT2D eigenvalue weighted by Gasteiger charge is -2.34. The maximum Gasteiger partial charge on any atom is 0.222 e. The molecule has 1 aromatic heterocycles. The lowest BCUT2D eigenvalue weighted by molar-refractivity contribution is 0.224. The van der Waals surface area contributed by atoms with Crippen molar-refractivity contribution < 1.29 is 0 Å². The number of hydrogen-bond donors (Lipinski definition) is 1. The van der Waals surface area contributed by atoms with Crippen LogP contribution >= 0.6 is 0 Å². The van der Waals surface area contributed by atoms with E-state index in [1.807, 2.05) is 6.07 Å². The summed E-state index contributed by atoms with van der Waals surface area (Å²) in [4.78, 5) is 10.8. The van der Waals surface area contributed by atoms with Crippen LogP contribution in [0.3, 0.4) is 0 Å². The topological polar surface area (TPSA) is 41.0 Å². The van der Waals surface area contributed by atoms with E-state index < -0.39 is 0 Å². The van der Waals surface area contributed by atoms with Crippen LogP contribution in [0.1, 0.15) is 11.1 Å². The van der Waals surface area contributed by atoms with Crippen molar-refractivity contribution in [3.63, 3.8) is 0 Å². The van der Waals surface area contributed by atoms with Crippen molar-refractivity contribution in [1.29, 1.82) is 0 Å². The van der Waals surface area contributed by atoms with Crippen molar-refractivity contribution in [2.24, 2.45) is 0 Å². The molecule has 98 valence electrons. The Morgan fingerprint density at radius 1 is 1.16 bits per heavy atom. The second-order valence-electron chi connectivity index (χ2n) is 5.00. The zero-order valence-corrected chi connectivity index (χ0v) is 11.1. The second-order valence-corrected chi connectivity index (χ2v) is 5.00. The summed E-state index contributed by atoms with van der Waals surface area (Å²) in [6.45, 7) is 1.88. The van der Waals surface area contributed by atoms with Crippen LogP contribution in [-0.4, -0.2) is 34.5 Å². The van der Waals surface area contributed by atoms with Crippen LogP contribution in [-0.2, 0) is 13.0 Å². The Kier molecular flexibility index (Phi) is 3.42. The first-order valence-corrected chi connectivity index (χ1v) is 6.61. The molecule has 0 saturated carbocycles. The molecule has 0 bridgehead atoms. The van der Waals surface area contributed by atoms with Gasteiger partial charge in [-0.2, -0.15) is 0 Å². The first kappa shape index (κ1) is 12.1. The number of benzene rings is 1. The van der Waals surface area contributed by atoms with Gasteiger partial charge >= 0.3 is 0 Å². The van der Waals surface area contributed by atoms with Crippen molar-refractivity contribution in [2.45, 2.75) is 19.0 Å². The SMILES string of the molecule is CN1Cc2ccccc2CC1CNc1ncccn1. The zero-order chi connectivity index (χ0) is 13.1. The molecule has 19 heavy (non-hydrogen) atoms. The van der Waals surface area contributed by atoms with Crippen molar-refractivity contribution in [3.05, 3.63) is 53.9 Å². The van der Waals surface area contributed by atoms with E-state index in [0.717, 1.165) is 19.5 Å². The quantitative estimate of drug-likeness (QED) is 0.909. The summed E-state index contributed by atoms with van der Waals surface area (Å²) in [5, 5.41) is 3.31. The first-order valence-electron chi connectivity index (χ1n) is 6.61. The molecule has 1 aromatic carbocycles. The molecular formula is C15H18N4. The van der Waals surface area contributed by atoms with Crippen molar-refractivity contribution in [3.8, 4) is 0 Å². The number of anilines is 1. The largest absolute Gasteiger partial charge is 0.353 e. The van der Waals surface area contributed by atoms with Gasteiger partial charge in [0, 0.05) is 31.5 Å². The average molecular weight is 254 g/mol. The molecular weight excluding hydrogens is 236 g/mol. The number of rotatable bonds is 3. The minimum absolute atomic E-state index is 0.485. The lowest BCUT2D eigenvalue weighted by atomic mass is 9.94. The fraction of sp³-hybridized carbons (Fsp3) is 0.333. The van der Waals surface area contributed by atoms with Crippen LogP contribution in [0.2, 0.25) is 0 Å². The standard InChI is InChI=1S/C15H18N4/c1-19-11-13-6-3-2-5-12(13)9-14(19)10-18-15-16-7-4-8-17-15/h2-8,14H,9-11H2,1H3,(H,16,17,18). The Balaban J connectivity index is 1.66. The molecule has 2 heterocycles. The van der Waals surface area contributed by atoms with Crippen LogP contribution in [0.25, 0.3) is 0 Å². The van der Waals surface area contributed by atoms with Crippen molar-refractivity contribution in [1.82, 2.24) is 14.9 Å². The summed E-state index contributed by atoms with van der Waals surface area (Å²) in [6.07, 6.45) is 4.59. The highest BCUT2D eigenvalue weighted by molar-refractivity contribution is 5.31. The van der Waals surface area contributed by atoms with Crippen LogP contribution in [0, 0.1) is 0 Å². The van der Waals surface area contributed by atoms with E-state index in [4.69, 9.17) is 0 Å². The average Bonchev–Trinajstić information content (AvgIpc) is 2.46. The van der Waals surface area contributed by atoms with E-state index >= 15 is 0 Å². The number of hydrogen-bond acceptors (Lipinski definition) is 4. The number of fused-ring (bicyclic) bond motifs is 1. The maximum absolute atomic E-state index is 4.19. The Labute approximate surface area is 113 Å². The van der Waals surface area contributed by atoms with Gasteiger partial charge < -0.3 is 5.32 Å². The normalized spacial score (nSPS) is 18.9. The third-order valence-corrected chi connectivity index (χ3v) is 3.68. The number of nitrogens with zero attached hydrogens (tertiary/aromatic N) is 3. The summed E-state index contributed by atoms with van der Waals surface area (Å²) < 4.78 is 0. The maximum atomic E-state index is 4.19. The Morgan fingerprint density at radius 2 is 1.89 bits per heavy atom. The lowest BCUT2D eigenvalue weighted by Crippen LogP contribution is -2.42. The molecule has 1 unspecified atom stereocenters. The van der Waals surface area contributed by atoms with Crippen LogP contribution in [0.5, 0.6) is 0 Å². The van der Waals surface area contributed by atoms with E-state index in [2.05, 4.69) is 51.5 Å². The molecule has 0 saturated heterocycles. The molecule has 0 fully saturated rings. The molecule has 3 rings (SSSR count). The monoisotopic (exact) mass is 254 g/mol. The number of likely N-dealkylation sites (N-methyl/N-ethyl adjacent to an activating group) is 1. The molecule has 0 spiro atoms. The van der Waals surface area contributed by atoms with E-state index in [0.29, 0.717) is 12.0 Å². The molecule has 0 radical (unpaired) electrons. The minimum atomic E-state index is 0.485. The molecule has 1 aliphatic rings. The molecule has 1 atom stereocenters. The summed E-state index contributed by atoms with van der Waals surface area (Å²) in [7, 11) is 2.17. The van der Waals surface area contributed by atoms with Gasteiger partial charge in [-0.1, -0.05) is 24.3 Å². The zero-order valence-electron chi connectivity index (χ0n) is 11.1. The third kappa shape index (κ3) is 2.74. The van der Waals surface area contributed by atoms with Crippen molar-refractivity contribution >= 4 is 5.95 Å².